The first-order valence-corrected chi connectivity index (χ1v) is 5.46. The maximum Gasteiger partial charge on any atom is 0.433 e. The van der Waals surface area contributed by atoms with E-state index in [1.165, 1.54) is 18.2 Å². The molecule has 9 heteroatoms. The van der Waals surface area contributed by atoms with Gasteiger partial charge in [-0.05, 0) is 12.1 Å². The number of ether oxygens (including phenoxy) is 1. The molecule has 0 fully saturated rings. The predicted molar refractivity (Wildman–Crippen MR) is 64.1 cm³/mol. The van der Waals surface area contributed by atoms with Crippen molar-refractivity contribution in [3.8, 4) is 17.2 Å². The van der Waals surface area contributed by atoms with Crippen LogP contribution in [0.4, 0.5) is 18.9 Å². The molecule has 0 spiro atoms. The Morgan fingerprint density at radius 2 is 2.00 bits per heavy atom. The summed E-state index contributed by atoms with van der Waals surface area (Å²) >= 11 is 0. The van der Waals surface area contributed by atoms with Crippen molar-refractivity contribution in [3.63, 3.8) is 0 Å². The fourth-order valence-electron chi connectivity index (χ4n) is 1.48. The van der Waals surface area contributed by atoms with Crippen molar-refractivity contribution >= 4 is 5.69 Å². The Morgan fingerprint density at radius 1 is 1.29 bits per heavy atom. The summed E-state index contributed by atoms with van der Waals surface area (Å²) < 4.78 is 42.8. The number of halogens is 3. The summed E-state index contributed by atoms with van der Waals surface area (Å²) in [5, 5.41) is 20.0. The fourth-order valence-corrected chi connectivity index (χ4v) is 1.48. The fraction of sp³-hybridized carbons (Fsp3) is 0.0833. The third kappa shape index (κ3) is 3.38. The molecule has 1 aromatic heterocycles. The molecule has 0 saturated heterocycles. The minimum absolute atomic E-state index is 0.0441. The first kappa shape index (κ1) is 14.6. The number of phenolic OH excluding ortho intramolecular Hbond substituents is 1. The number of alkyl halides is 3. The van der Waals surface area contributed by atoms with Crippen LogP contribution in [0.2, 0.25) is 0 Å². The molecular weight excluding hydrogens is 293 g/mol. The lowest BCUT2D eigenvalue weighted by atomic mass is 10.3. The zero-order valence-corrected chi connectivity index (χ0v) is 10.2. The van der Waals surface area contributed by atoms with E-state index in [9.17, 15) is 28.4 Å². The highest BCUT2D eigenvalue weighted by molar-refractivity contribution is 5.48. The molecule has 6 nitrogen and oxygen atoms in total. The number of benzene rings is 1. The van der Waals surface area contributed by atoms with Crippen molar-refractivity contribution in [1.29, 1.82) is 0 Å². The molecule has 2 rings (SSSR count). The minimum Gasteiger partial charge on any atom is -0.508 e. The highest BCUT2D eigenvalue weighted by Crippen LogP contribution is 2.36. The van der Waals surface area contributed by atoms with Gasteiger partial charge in [0.25, 0.3) is 0 Å². The van der Waals surface area contributed by atoms with Gasteiger partial charge in [-0.15, -0.1) is 0 Å². The summed E-state index contributed by atoms with van der Waals surface area (Å²) in [5.74, 6) is -0.856. The lowest BCUT2D eigenvalue weighted by Gasteiger charge is -2.09. The molecule has 1 aromatic carbocycles. The first-order valence-electron chi connectivity index (χ1n) is 5.46. The van der Waals surface area contributed by atoms with E-state index < -0.39 is 28.2 Å². The van der Waals surface area contributed by atoms with Crippen LogP contribution in [-0.4, -0.2) is 15.0 Å². The maximum atomic E-state index is 12.6. The number of aromatic nitrogens is 1. The number of hydrogen-bond donors (Lipinski definition) is 1. The molecule has 0 unspecified atom stereocenters. The molecule has 0 aliphatic carbocycles. The average Bonchev–Trinajstić information content (AvgIpc) is 2.37. The molecule has 0 bridgehead atoms. The number of phenols is 1. The molecule has 1 N–H and O–H groups in total. The van der Waals surface area contributed by atoms with Gasteiger partial charge in [-0.2, -0.15) is 13.2 Å². The van der Waals surface area contributed by atoms with Crippen molar-refractivity contribution in [2.75, 3.05) is 0 Å². The van der Waals surface area contributed by atoms with Gasteiger partial charge in [-0.1, -0.05) is 6.07 Å². The Labute approximate surface area is 115 Å². The van der Waals surface area contributed by atoms with Crippen LogP contribution in [0.15, 0.2) is 36.5 Å². The van der Waals surface area contributed by atoms with E-state index in [4.69, 9.17) is 4.74 Å². The van der Waals surface area contributed by atoms with Crippen LogP contribution >= 0.6 is 0 Å². The van der Waals surface area contributed by atoms with Crippen LogP contribution in [0, 0.1) is 10.1 Å². The molecule has 0 radical (unpaired) electrons. The molecule has 110 valence electrons. The number of pyridine rings is 1. The van der Waals surface area contributed by atoms with E-state index in [0.717, 1.165) is 6.07 Å². The van der Waals surface area contributed by atoms with Gasteiger partial charge in [0.1, 0.15) is 23.4 Å². The number of nitro groups is 1. The van der Waals surface area contributed by atoms with Gasteiger partial charge < -0.3 is 9.84 Å². The lowest BCUT2D eigenvalue weighted by Crippen LogP contribution is -2.08. The van der Waals surface area contributed by atoms with Gasteiger partial charge >= 0.3 is 11.9 Å². The topological polar surface area (TPSA) is 85.5 Å². The van der Waals surface area contributed by atoms with Crippen LogP contribution in [0.5, 0.6) is 17.2 Å². The molecule has 0 saturated carbocycles. The number of nitrogens with zero attached hydrogens (tertiary/aromatic N) is 2. The molecule has 0 amide bonds. The largest absolute Gasteiger partial charge is 0.508 e. The molecule has 21 heavy (non-hydrogen) atoms. The SMILES string of the molecule is O=[N+]([O-])c1cnc(C(F)(F)F)cc1Oc1cccc(O)c1. The third-order valence-electron chi connectivity index (χ3n) is 2.38. The average molecular weight is 300 g/mol. The van der Waals surface area contributed by atoms with E-state index in [-0.39, 0.29) is 11.5 Å². The highest BCUT2D eigenvalue weighted by Gasteiger charge is 2.34. The van der Waals surface area contributed by atoms with Crippen molar-refractivity contribution in [3.05, 3.63) is 52.3 Å². The van der Waals surface area contributed by atoms with Crippen LogP contribution in [0.25, 0.3) is 0 Å². The standard InChI is InChI=1S/C12H7F3N2O4/c13-12(14,15)11-5-10(9(6-16-11)17(19)20)21-8-3-1-2-7(18)4-8/h1-6,18H. The Hall–Kier alpha value is -2.84. The Balaban J connectivity index is 2.46. The quantitative estimate of drug-likeness (QED) is 0.692. The van der Waals surface area contributed by atoms with Crippen molar-refractivity contribution in [2.24, 2.45) is 0 Å². The smallest absolute Gasteiger partial charge is 0.433 e. The van der Waals surface area contributed by atoms with Crippen LogP contribution in [-0.2, 0) is 6.18 Å². The number of hydrogen-bond acceptors (Lipinski definition) is 5. The Morgan fingerprint density at radius 3 is 2.57 bits per heavy atom. The summed E-state index contributed by atoms with van der Waals surface area (Å²) in [4.78, 5) is 12.9. The van der Waals surface area contributed by atoms with Crippen molar-refractivity contribution in [1.82, 2.24) is 4.98 Å². The predicted octanol–water partition coefficient (Wildman–Crippen LogP) is 3.51. The summed E-state index contributed by atoms with van der Waals surface area (Å²) in [7, 11) is 0. The second kappa shape index (κ2) is 5.27. The van der Waals surface area contributed by atoms with Crippen LogP contribution < -0.4 is 4.74 Å². The van der Waals surface area contributed by atoms with E-state index in [1.54, 1.807) is 0 Å². The second-order valence-electron chi connectivity index (χ2n) is 3.89. The Kier molecular flexibility index (Phi) is 3.66. The zero-order chi connectivity index (χ0) is 15.6. The summed E-state index contributed by atoms with van der Waals surface area (Å²) in [6, 6.07) is 5.56. The van der Waals surface area contributed by atoms with Gasteiger partial charge in [0.15, 0.2) is 0 Å². The highest BCUT2D eigenvalue weighted by atomic mass is 19.4. The van der Waals surface area contributed by atoms with Crippen molar-refractivity contribution < 1.29 is 27.9 Å². The summed E-state index contributed by atoms with van der Waals surface area (Å²) in [6.45, 7) is 0. The van der Waals surface area contributed by atoms with Gasteiger partial charge in [-0.25, -0.2) is 4.98 Å². The molecular formula is C12H7F3N2O4. The van der Waals surface area contributed by atoms with Crippen LogP contribution in [0.3, 0.4) is 0 Å². The van der Waals surface area contributed by atoms with Gasteiger partial charge in [0.2, 0.25) is 5.75 Å². The van der Waals surface area contributed by atoms with Gasteiger partial charge in [0, 0.05) is 12.1 Å². The first-order chi connectivity index (χ1) is 9.77. The zero-order valence-electron chi connectivity index (χ0n) is 10.2. The lowest BCUT2D eigenvalue weighted by molar-refractivity contribution is -0.386. The molecule has 1 heterocycles. The van der Waals surface area contributed by atoms with E-state index in [1.807, 2.05) is 0 Å². The van der Waals surface area contributed by atoms with Crippen LogP contribution in [0.1, 0.15) is 5.69 Å². The molecule has 0 aliphatic heterocycles. The summed E-state index contributed by atoms with van der Waals surface area (Å²) in [5.41, 5.74) is -2.03. The molecule has 0 aliphatic rings. The number of aromatic hydroxyl groups is 1. The van der Waals surface area contributed by atoms with E-state index >= 15 is 0 Å². The maximum absolute atomic E-state index is 12.6. The Bertz CT molecular complexity index is 688. The second-order valence-corrected chi connectivity index (χ2v) is 3.89. The molecule has 0 atom stereocenters. The number of rotatable bonds is 3. The van der Waals surface area contributed by atoms with Crippen molar-refractivity contribution in [2.45, 2.75) is 6.18 Å². The third-order valence-corrected chi connectivity index (χ3v) is 2.38. The van der Waals surface area contributed by atoms with E-state index in [2.05, 4.69) is 4.98 Å². The molecule has 2 aromatic rings. The minimum atomic E-state index is -4.76. The van der Waals surface area contributed by atoms with E-state index in [0.29, 0.717) is 12.3 Å². The van der Waals surface area contributed by atoms with Gasteiger partial charge in [-0.3, -0.25) is 10.1 Å². The monoisotopic (exact) mass is 300 g/mol. The van der Waals surface area contributed by atoms with Gasteiger partial charge in [0.05, 0.1) is 4.92 Å². The summed E-state index contributed by atoms with van der Waals surface area (Å²) in [6.07, 6.45) is -4.28. The normalized spacial score (nSPS) is 11.2.